The minimum atomic E-state index is 0.176. The molecule has 1 aliphatic rings. The van der Waals surface area contributed by atoms with Crippen LogP contribution in [0.1, 0.15) is 25.8 Å². The second kappa shape index (κ2) is 7.60. The molecule has 0 radical (unpaired) electrons. The van der Waals surface area contributed by atoms with E-state index in [1.54, 1.807) is 0 Å². The van der Waals surface area contributed by atoms with Gasteiger partial charge in [-0.05, 0) is 75.4 Å². The van der Waals surface area contributed by atoms with Crippen LogP contribution in [0, 0.1) is 12.8 Å². The predicted molar refractivity (Wildman–Crippen MR) is 123 cm³/mol. The second-order valence-electron chi connectivity index (χ2n) is 8.90. The van der Waals surface area contributed by atoms with E-state index in [1.165, 1.54) is 22.4 Å². The molecule has 0 spiro atoms. The lowest BCUT2D eigenvalue weighted by atomic mass is 9.97. The summed E-state index contributed by atoms with van der Waals surface area (Å²) in [5.41, 5.74) is 5.70. The van der Waals surface area contributed by atoms with Crippen molar-refractivity contribution < 1.29 is 0 Å². The number of rotatable bonds is 5. The largest absolute Gasteiger partial charge is 0.346 e. The average Bonchev–Trinajstić information content (AvgIpc) is 3.44. The Morgan fingerprint density at radius 3 is 2.73 bits per heavy atom. The van der Waals surface area contributed by atoms with Crippen LogP contribution >= 0.6 is 11.9 Å². The summed E-state index contributed by atoms with van der Waals surface area (Å²) in [7, 11) is 0. The van der Waals surface area contributed by atoms with Crippen molar-refractivity contribution in [3.63, 3.8) is 0 Å². The lowest BCUT2D eigenvalue weighted by molar-refractivity contribution is 0.319. The van der Waals surface area contributed by atoms with Crippen LogP contribution in [0.15, 0.2) is 66.0 Å². The Bertz CT molecular complexity index is 1140. The van der Waals surface area contributed by atoms with Crippen molar-refractivity contribution in [2.75, 3.05) is 6.54 Å². The maximum atomic E-state index is 4.82. The van der Waals surface area contributed by atoms with Crippen molar-refractivity contribution in [2.45, 2.75) is 44.2 Å². The molecule has 154 valence electrons. The Labute approximate surface area is 181 Å². The van der Waals surface area contributed by atoms with Crippen LogP contribution < -0.4 is 0 Å². The summed E-state index contributed by atoms with van der Waals surface area (Å²) >= 11 is 1.89. The normalized spacial score (nSPS) is 19.0. The van der Waals surface area contributed by atoms with E-state index < -0.39 is 0 Å². The molecule has 5 nitrogen and oxygen atoms in total. The standard InChI is InChI=1S/C24H27N5S/c1-17-4-6-20(7-5-17)30-29-16-18(12-24(29,2)3)15-28-11-10-22-23(28)9-8-21(27-22)19-13-25-26-14-19/h4-11,13-14,18H,12,15-16H2,1-3H3,(H,25,26). The zero-order valence-electron chi connectivity index (χ0n) is 17.7. The van der Waals surface area contributed by atoms with Crippen molar-refractivity contribution in [3.8, 4) is 11.3 Å². The molecule has 30 heavy (non-hydrogen) atoms. The second-order valence-corrected chi connectivity index (χ2v) is 10.00. The van der Waals surface area contributed by atoms with Gasteiger partial charge in [0.25, 0.3) is 0 Å². The summed E-state index contributed by atoms with van der Waals surface area (Å²) < 4.78 is 4.92. The highest BCUT2D eigenvalue weighted by atomic mass is 32.2. The summed E-state index contributed by atoms with van der Waals surface area (Å²) in [5, 5.41) is 6.89. The SMILES string of the molecule is Cc1ccc(SN2CC(Cn3ccc4nc(-c5cn[nH]c5)ccc43)CC2(C)C)cc1. The molecule has 0 aliphatic carbocycles. The lowest BCUT2D eigenvalue weighted by Gasteiger charge is -2.30. The van der Waals surface area contributed by atoms with Gasteiger partial charge in [0.15, 0.2) is 0 Å². The predicted octanol–water partition coefficient (Wildman–Crippen LogP) is 5.54. The van der Waals surface area contributed by atoms with Gasteiger partial charge in [0.1, 0.15) is 0 Å². The van der Waals surface area contributed by atoms with E-state index in [0.717, 1.165) is 29.9 Å². The number of benzene rings is 1. The number of nitrogens with zero attached hydrogens (tertiary/aromatic N) is 4. The minimum Gasteiger partial charge on any atom is -0.346 e. The molecule has 5 rings (SSSR count). The molecule has 1 N–H and O–H groups in total. The molecule has 0 saturated carbocycles. The van der Waals surface area contributed by atoms with Gasteiger partial charge in [0.2, 0.25) is 0 Å². The van der Waals surface area contributed by atoms with Gasteiger partial charge in [-0.1, -0.05) is 17.7 Å². The molecule has 4 heterocycles. The van der Waals surface area contributed by atoms with Crippen molar-refractivity contribution in [3.05, 3.63) is 66.6 Å². The first-order valence-corrected chi connectivity index (χ1v) is 11.2. The van der Waals surface area contributed by atoms with E-state index in [1.807, 2.05) is 24.3 Å². The monoisotopic (exact) mass is 417 g/mol. The Balaban J connectivity index is 1.32. The quantitative estimate of drug-likeness (QED) is 0.433. The number of hydrogen-bond acceptors (Lipinski definition) is 4. The van der Waals surface area contributed by atoms with E-state index in [0.29, 0.717) is 5.92 Å². The molecular formula is C24H27N5S. The van der Waals surface area contributed by atoms with Gasteiger partial charge >= 0.3 is 0 Å². The number of aryl methyl sites for hydroxylation is 1. The van der Waals surface area contributed by atoms with Gasteiger partial charge in [0.05, 0.1) is 22.9 Å². The highest BCUT2D eigenvalue weighted by molar-refractivity contribution is 7.97. The maximum Gasteiger partial charge on any atom is 0.0888 e. The van der Waals surface area contributed by atoms with E-state index in [-0.39, 0.29) is 5.54 Å². The van der Waals surface area contributed by atoms with Crippen molar-refractivity contribution in [1.82, 2.24) is 24.1 Å². The van der Waals surface area contributed by atoms with Crippen LogP contribution in [0.25, 0.3) is 22.3 Å². The summed E-state index contributed by atoms with van der Waals surface area (Å²) in [6, 6.07) is 15.2. The number of aromatic amines is 1. The summed E-state index contributed by atoms with van der Waals surface area (Å²) in [5.74, 6) is 0.613. The van der Waals surface area contributed by atoms with Crippen molar-refractivity contribution >= 4 is 23.0 Å². The number of fused-ring (bicyclic) bond motifs is 1. The van der Waals surface area contributed by atoms with E-state index >= 15 is 0 Å². The zero-order chi connectivity index (χ0) is 20.7. The number of H-pyrrole nitrogens is 1. The van der Waals surface area contributed by atoms with Gasteiger partial charge in [-0.15, -0.1) is 0 Å². The molecule has 1 aliphatic heterocycles. The Kier molecular flexibility index (Phi) is 4.91. The molecule has 3 aromatic heterocycles. The number of pyridine rings is 1. The average molecular weight is 418 g/mol. The minimum absolute atomic E-state index is 0.176. The van der Waals surface area contributed by atoms with E-state index in [2.05, 4.69) is 88.5 Å². The van der Waals surface area contributed by atoms with Gasteiger partial charge in [-0.25, -0.2) is 9.29 Å². The Morgan fingerprint density at radius 2 is 1.97 bits per heavy atom. The van der Waals surface area contributed by atoms with E-state index in [9.17, 15) is 0 Å². The third-order valence-electron chi connectivity index (χ3n) is 6.00. The first-order chi connectivity index (χ1) is 14.5. The van der Waals surface area contributed by atoms with Gasteiger partial charge in [0, 0.05) is 41.5 Å². The molecule has 0 amide bonds. The van der Waals surface area contributed by atoms with Crippen molar-refractivity contribution in [2.24, 2.45) is 5.92 Å². The number of nitrogens with one attached hydrogen (secondary N) is 1. The number of hydrogen-bond donors (Lipinski definition) is 1. The third-order valence-corrected chi connectivity index (χ3v) is 7.34. The fraction of sp³-hybridized carbons (Fsp3) is 0.333. The molecule has 1 atom stereocenters. The molecule has 1 unspecified atom stereocenters. The van der Waals surface area contributed by atoms with Crippen molar-refractivity contribution in [1.29, 1.82) is 0 Å². The van der Waals surface area contributed by atoms with Gasteiger partial charge in [-0.3, -0.25) is 5.10 Å². The molecule has 1 saturated heterocycles. The van der Waals surface area contributed by atoms with Crippen LogP contribution in [-0.4, -0.2) is 36.1 Å². The molecule has 4 aromatic rings. The molecule has 6 heteroatoms. The van der Waals surface area contributed by atoms with Crippen LogP contribution in [0.2, 0.25) is 0 Å². The fourth-order valence-electron chi connectivity index (χ4n) is 4.43. The van der Waals surface area contributed by atoms with Crippen LogP contribution in [0.4, 0.5) is 0 Å². The summed E-state index contributed by atoms with van der Waals surface area (Å²) in [6.45, 7) is 8.97. The zero-order valence-corrected chi connectivity index (χ0v) is 18.5. The van der Waals surface area contributed by atoms with Gasteiger partial charge < -0.3 is 4.57 Å². The number of aromatic nitrogens is 4. The van der Waals surface area contributed by atoms with Gasteiger partial charge in [-0.2, -0.15) is 5.10 Å². The molecule has 1 fully saturated rings. The molecule has 0 bridgehead atoms. The first-order valence-electron chi connectivity index (χ1n) is 10.5. The summed E-state index contributed by atoms with van der Waals surface area (Å²) in [4.78, 5) is 6.14. The summed E-state index contributed by atoms with van der Waals surface area (Å²) in [6.07, 6.45) is 7.06. The highest BCUT2D eigenvalue weighted by Gasteiger charge is 2.39. The third kappa shape index (κ3) is 3.77. The Hall–Kier alpha value is -2.57. The van der Waals surface area contributed by atoms with Crippen LogP contribution in [0.3, 0.4) is 0 Å². The van der Waals surface area contributed by atoms with Crippen LogP contribution in [0.5, 0.6) is 0 Å². The fourth-order valence-corrected chi connectivity index (χ4v) is 5.55. The topological polar surface area (TPSA) is 49.7 Å². The molecule has 1 aromatic carbocycles. The maximum absolute atomic E-state index is 4.82. The Morgan fingerprint density at radius 1 is 1.13 bits per heavy atom. The molecular weight excluding hydrogens is 390 g/mol. The smallest absolute Gasteiger partial charge is 0.0888 e. The lowest BCUT2D eigenvalue weighted by Crippen LogP contribution is -2.32. The van der Waals surface area contributed by atoms with E-state index in [4.69, 9.17) is 4.98 Å². The highest BCUT2D eigenvalue weighted by Crippen LogP contribution is 2.41. The first kappa shape index (κ1) is 19.4. The van der Waals surface area contributed by atoms with Crippen LogP contribution in [-0.2, 0) is 6.54 Å².